The second-order valence-electron chi connectivity index (χ2n) is 5.32. The Bertz CT molecular complexity index is 606. The molecular weight excluding hydrogens is 391 g/mol. The smallest absolute Gasteiger partial charge is 0.189 e. The van der Waals surface area contributed by atoms with E-state index in [-0.39, 0.29) is 24.0 Å². The van der Waals surface area contributed by atoms with Gasteiger partial charge in [0.1, 0.15) is 5.69 Å². The molecule has 0 unspecified atom stereocenters. The zero-order valence-corrected chi connectivity index (χ0v) is 14.7. The van der Waals surface area contributed by atoms with Crippen molar-refractivity contribution < 1.29 is 4.42 Å². The summed E-state index contributed by atoms with van der Waals surface area (Å²) >= 11 is 0. The van der Waals surface area contributed by atoms with Crippen molar-refractivity contribution in [3.05, 3.63) is 42.4 Å². The number of nitrogens with one attached hydrogen (secondary N) is 1. The number of hydrogen-bond acceptors (Lipinski definition) is 3. The largest absolute Gasteiger partial charge is 0.443 e. The van der Waals surface area contributed by atoms with E-state index in [1.54, 1.807) is 0 Å². The van der Waals surface area contributed by atoms with E-state index in [0.29, 0.717) is 18.5 Å². The van der Waals surface area contributed by atoms with Gasteiger partial charge in [0.2, 0.25) is 0 Å². The van der Waals surface area contributed by atoms with Crippen molar-refractivity contribution in [2.45, 2.75) is 38.3 Å². The first-order valence-electron chi connectivity index (χ1n) is 7.37. The number of aliphatic imine (C=N–C) groups is 1. The molecule has 0 atom stereocenters. The maximum absolute atomic E-state index is 5.94. The molecule has 3 N–H and O–H groups in total. The van der Waals surface area contributed by atoms with Crippen LogP contribution in [0.15, 0.2) is 46.1 Å². The number of benzene rings is 1. The highest BCUT2D eigenvalue weighted by atomic mass is 127. The first-order chi connectivity index (χ1) is 10.3. The van der Waals surface area contributed by atoms with Gasteiger partial charge in [-0.05, 0) is 12.8 Å². The van der Waals surface area contributed by atoms with Crippen LogP contribution >= 0.6 is 24.0 Å². The normalized spacial score (nSPS) is 15.5. The second-order valence-corrected chi connectivity index (χ2v) is 5.32. The second kappa shape index (κ2) is 8.17. The lowest BCUT2D eigenvalue weighted by molar-refractivity contribution is 0.571. The summed E-state index contributed by atoms with van der Waals surface area (Å²) in [4.78, 5) is 8.62. The van der Waals surface area contributed by atoms with Crippen molar-refractivity contribution in [1.82, 2.24) is 10.3 Å². The van der Waals surface area contributed by atoms with Gasteiger partial charge in [-0.1, -0.05) is 43.2 Å². The van der Waals surface area contributed by atoms with Crippen LogP contribution in [0.2, 0.25) is 0 Å². The van der Waals surface area contributed by atoms with E-state index >= 15 is 0 Å². The lowest BCUT2D eigenvalue weighted by Crippen LogP contribution is -2.38. The molecule has 0 aliphatic heterocycles. The summed E-state index contributed by atoms with van der Waals surface area (Å²) in [5.74, 6) is 1.25. The van der Waals surface area contributed by atoms with Crippen molar-refractivity contribution in [2.24, 2.45) is 10.7 Å². The predicted octanol–water partition coefficient (Wildman–Crippen LogP) is 3.31. The first kappa shape index (κ1) is 16.8. The van der Waals surface area contributed by atoms with Gasteiger partial charge in [0.25, 0.3) is 0 Å². The number of guanidine groups is 1. The number of halogens is 1. The summed E-state index contributed by atoms with van der Waals surface area (Å²) in [6.45, 7) is 0.423. The molecular formula is C16H21IN4O. The van der Waals surface area contributed by atoms with Gasteiger partial charge in [0.05, 0.1) is 6.54 Å². The van der Waals surface area contributed by atoms with Gasteiger partial charge in [0.15, 0.2) is 18.1 Å². The molecule has 0 amide bonds. The van der Waals surface area contributed by atoms with Crippen LogP contribution in [0, 0.1) is 0 Å². The van der Waals surface area contributed by atoms with Crippen molar-refractivity contribution in [2.75, 3.05) is 0 Å². The van der Waals surface area contributed by atoms with Crippen LogP contribution in [-0.4, -0.2) is 17.0 Å². The maximum atomic E-state index is 5.94. The highest BCUT2D eigenvalue weighted by Gasteiger charge is 2.15. The fourth-order valence-electron chi connectivity index (χ4n) is 2.69. The monoisotopic (exact) mass is 412 g/mol. The molecule has 1 saturated carbocycles. The Morgan fingerprint density at radius 2 is 2.00 bits per heavy atom. The van der Waals surface area contributed by atoms with Crippen LogP contribution < -0.4 is 11.1 Å². The summed E-state index contributed by atoms with van der Waals surface area (Å²) < 4.78 is 5.47. The summed E-state index contributed by atoms with van der Waals surface area (Å²) in [5.41, 5.74) is 7.74. The highest BCUT2D eigenvalue weighted by Crippen LogP contribution is 2.23. The Balaban J connectivity index is 0.00000176. The predicted molar refractivity (Wildman–Crippen MR) is 98.1 cm³/mol. The summed E-state index contributed by atoms with van der Waals surface area (Å²) in [6, 6.07) is 10.4. The molecule has 22 heavy (non-hydrogen) atoms. The van der Waals surface area contributed by atoms with Gasteiger partial charge in [-0.3, -0.25) is 0 Å². The molecule has 1 aliphatic carbocycles. The third-order valence-corrected chi connectivity index (χ3v) is 3.78. The Hall–Kier alpha value is -1.57. The Kier molecular flexibility index (Phi) is 6.23. The zero-order chi connectivity index (χ0) is 14.5. The number of oxazole rings is 1. The van der Waals surface area contributed by atoms with Crippen molar-refractivity contribution >= 4 is 29.9 Å². The standard InChI is InChI=1S/C16H20N4O.HI/c17-16(20-13-8-4-5-9-13)18-10-14-15(21-11-19-14)12-6-2-1-3-7-12;/h1-3,6-7,11,13H,4-5,8-10H2,(H3,17,18,20);1H. The van der Waals surface area contributed by atoms with Crippen LogP contribution in [0.1, 0.15) is 31.4 Å². The van der Waals surface area contributed by atoms with Crippen LogP contribution in [0.25, 0.3) is 11.3 Å². The summed E-state index contributed by atoms with van der Waals surface area (Å²) in [5, 5.41) is 3.27. The molecule has 2 aromatic rings. The summed E-state index contributed by atoms with van der Waals surface area (Å²) in [6.07, 6.45) is 6.34. The average molecular weight is 412 g/mol. The SMILES string of the molecule is I.NC(=NCc1ncoc1-c1ccccc1)NC1CCCC1. The molecule has 0 saturated heterocycles. The van der Waals surface area contributed by atoms with Gasteiger partial charge >= 0.3 is 0 Å². The topological polar surface area (TPSA) is 76.4 Å². The van der Waals surface area contributed by atoms with Crippen LogP contribution in [0.5, 0.6) is 0 Å². The molecule has 3 rings (SSSR count). The van der Waals surface area contributed by atoms with Gasteiger partial charge < -0.3 is 15.5 Å². The van der Waals surface area contributed by atoms with Crippen LogP contribution in [0.3, 0.4) is 0 Å². The third kappa shape index (κ3) is 4.22. The number of nitrogens with zero attached hydrogens (tertiary/aromatic N) is 2. The number of nitrogens with two attached hydrogens (primary N) is 1. The average Bonchev–Trinajstić information content (AvgIpc) is 3.17. The number of aromatic nitrogens is 1. The van der Waals surface area contributed by atoms with E-state index < -0.39 is 0 Å². The minimum absolute atomic E-state index is 0. The Morgan fingerprint density at radius 3 is 2.73 bits per heavy atom. The van der Waals surface area contributed by atoms with E-state index in [4.69, 9.17) is 10.2 Å². The van der Waals surface area contributed by atoms with Crippen molar-refractivity contribution in [3.63, 3.8) is 0 Å². The van der Waals surface area contributed by atoms with Gasteiger partial charge in [-0.25, -0.2) is 9.98 Å². The molecule has 1 fully saturated rings. The van der Waals surface area contributed by atoms with Crippen molar-refractivity contribution in [3.8, 4) is 11.3 Å². The zero-order valence-electron chi connectivity index (χ0n) is 12.4. The molecule has 0 spiro atoms. The lowest BCUT2D eigenvalue weighted by atomic mass is 10.1. The lowest BCUT2D eigenvalue weighted by Gasteiger charge is -2.11. The Morgan fingerprint density at radius 1 is 1.27 bits per heavy atom. The van der Waals surface area contributed by atoms with Crippen LogP contribution in [0.4, 0.5) is 0 Å². The number of hydrogen-bond donors (Lipinski definition) is 2. The molecule has 118 valence electrons. The minimum atomic E-state index is 0. The highest BCUT2D eigenvalue weighted by molar-refractivity contribution is 14.0. The van der Waals surface area contributed by atoms with E-state index in [1.807, 2.05) is 30.3 Å². The van der Waals surface area contributed by atoms with Crippen LogP contribution in [-0.2, 0) is 6.54 Å². The maximum Gasteiger partial charge on any atom is 0.189 e. The van der Waals surface area contributed by atoms with Gasteiger partial charge in [-0.2, -0.15) is 0 Å². The van der Waals surface area contributed by atoms with Gasteiger partial charge in [0, 0.05) is 11.6 Å². The van der Waals surface area contributed by atoms with E-state index in [9.17, 15) is 0 Å². The minimum Gasteiger partial charge on any atom is -0.443 e. The first-order valence-corrected chi connectivity index (χ1v) is 7.37. The summed E-state index contributed by atoms with van der Waals surface area (Å²) in [7, 11) is 0. The quantitative estimate of drug-likeness (QED) is 0.459. The molecule has 5 nitrogen and oxygen atoms in total. The molecule has 1 aromatic carbocycles. The van der Waals surface area contributed by atoms with E-state index in [0.717, 1.165) is 17.0 Å². The fourth-order valence-corrected chi connectivity index (χ4v) is 2.69. The third-order valence-electron chi connectivity index (χ3n) is 3.78. The van der Waals surface area contributed by atoms with Crippen molar-refractivity contribution in [1.29, 1.82) is 0 Å². The molecule has 1 aliphatic rings. The van der Waals surface area contributed by atoms with E-state index in [2.05, 4.69) is 15.3 Å². The fraction of sp³-hybridized carbons (Fsp3) is 0.375. The molecule has 1 aromatic heterocycles. The molecule has 0 radical (unpaired) electrons. The molecule has 0 bridgehead atoms. The number of rotatable bonds is 4. The van der Waals surface area contributed by atoms with E-state index in [1.165, 1.54) is 32.1 Å². The molecule has 1 heterocycles. The van der Waals surface area contributed by atoms with Gasteiger partial charge in [-0.15, -0.1) is 24.0 Å². The molecule has 6 heteroatoms. The Labute approximate surface area is 147 Å².